The third kappa shape index (κ3) is 3.09. The molecule has 2 nitrogen and oxygen atoms in total. The molecule has 0 radical (unpaired) electrons. The van der Waals surface area contributed by atoms with Crippen LogP contribution >= 0.6 is 0 Å². The van der Waals surface area contributed by atoms with E-state index in [9.17, 15) is 4.79 Å². The van der Waals surface area contributed by atoms with Gasteiger partial charge in [-0.15, -0.1) is 0 Å². The number of carbonyl (C=O) groups is 1. The highest BCUT2D eigenvalue weighted by Gasteiger charge is 2.18. The van der Waals surface area contributed by atoms with E-state index >= 15 is 0 Å². The molecule has 2 rings (SSSR count). The number of hydrogen-bond donors (Lipinski definition) is 1. The first-order chi connectivity index (χ1) is 9.09. The molecule has 1 atom stereocenters. The molecule has 2 aromatic carbocycles. The number of nitrogens with two attached hydrogens (primary N) is 1. The fourth-order valence-electron chi connectivity index (χ4n) is 2.04. The summed E-state index contributed by atoms with van der Waals surface area (Å²) in [5, 5.41) is 0. The molecule has 0 saturated carbocycles. The first-order valence-electron chi connectivity index (χ1n) is 6.54. The second kappa shape index (κ2) is 5.81. The molecule has 2 N–H and O–H groups in total. The molecule has 0 heterocycles. The smallest absolute Gasteiger partial charge is 0.156 e. The molecule has 2 aromatic rings. The van der Waals surface area contributed by atoms with Crippen molar-refractivity contribution in [3.63, 3.8) is 0 Å². The molecule has 0 amide bonds. The molecule has 0 bridgehead atoms. The lowest BCUT2D eigenvalue weighted by molar-refractivity contribution is -0.123. The van der Waals surface area contributed by atoms with Crippen LogP contribution in [0.15, 0.2) is 54.6 Å². The van der Waals surface area contributed by atoms with E-state index in [0.29, 0.717) is 0 Å². The molecule has 0 aromatic heterocycles. The van der Waals surface area contributed by atoms with Crippen LogP contribution < -0.4 is 5.73 Å². The van der Waals surface area contributed by atoms with E-state index in [1.54, 1.807) is 0 Å². The summed E-state index contributed by atoms with van der Waals surface area (Å²) in [6, 6.07) is 17.5. The summed E-state index contributed by atoms with van der Waals surface area (Å²) in [6.07, 6.45) is 0. The number of rotatable bonds is 4. The van der Waals surface area contributed by atoms with Gasteiger partial charge < -0.3 is 5.73 Å². The van der Waals surface area contributed by atoms with Gasteiger partial charge in [0.05, 0.1) is 6.04 Å². The minimum absolute atomic E-state index is 0.0381. The molecule has 2 heteroatoms. The zero-order chi connectivity index (χ0) is 13.8. The Labute approximate surface area is 114 Å². The normalized spacial score (nSPS) is 12.4. The summed E-state index contributed by atoms with van der Waals surface area (Å²) in [5.74, 6) is 0.0382. The standard InChI is InChI=1S/C17H19NO/c1-12(2)17(19)16(18)15-10-8-14(9-11-15)13-6-4-3-5-7-13/h3-12,16H,18H2,1-2H3. The molecule has 0 aliphatic carbocycles. The van der Waals surface area contributed by atoms with Gasteiger partial charge in [-0.1, -0.05) is 68.4 Å². The lowest BCUT2D eigenvalue weighted by atomic mass is 9.94. The fraction of sp³-hybridized carbons (Fsp3) is 0.235. The molecular weight excluding hydrogens is 234 g/mol. The average molecular weight is 253 g/mol. The third-order valence-corrected chi connectivity index (χ3v) is 3.25. The SMILES string of the molecule is CC(C)C(=O)C(N)c1ccc(-c2ccccc2)cc1. The van der Waals surface area contributed by atoms with Crippen LogP contribution in [0.4, 0.5) is 0 Å². The highest BCUT2D eigenvalue weighted by Crippen LogP contribution is 2.22. The van der Waals surface area contributed by atoms with E-state index in [-0.39, 0.29) is 11.7 Å². The zero-order valence-corrected chi connectivity index (χ0v) is 11.3. The van der Waals surface area contributed by atoms with Gasteiger partial charge in [-0.25, -0.2) is 0 Å². The van der Waals surface area contributed by atoms with Crippen molar-refractivity contribution < 1.29 is 4.79 Å². The minimum Gasteiger partial charge on any atom is -0.318 e. The minimum atomic E-state index is -0.523. The van der Waals surface area contributed by atoms with Crippen LogP contribution in [0.1, 0.15) is 25.5 Å². The van der Waals surface area contributed by atoms with Gasteiger partial charge >= 0.3 is 0 Å². The Kier molecular flexibility index (Phi) is 4.13. The Bertz CT molecular complexity index is 543. The number of carbonyl (C=O) groups excluding carboxylic acids is 1. The van der Waals surface area contributed by atoms with Crippen molar-refractivity contribution in [3.8, 4) is 11.1 Å². The van der Waals surface area contributed by atoms with Crippen LogP contribution in [0.5, 0.6) is 0 Å². The van der Waals surface area contributed by atoms with Gasteiger partial charge in [0.2, 0.25) is 0 Å². The van der Waals surface area contributed by atoms with Crippen LogP contribution in [0.25, 0.3) is 11.1 Å². The topological polar surface area (TPSA) is 43.1 Å². The third-order valence-electron chi connectivity index (χ3n) is 3.25. The molecule has 19 heavy (non-hydrogen) atoms. The molecule has 98 valence electrons. The molecule has 0 aliphatic heterocycles. The van der Waals surface area contributed by atoms with Gasteiger partial charge in [0, 0.05) is 5.92 Å². The molecule has 0 spiro atoms. The highest BCUT2D eigenvalue weighted by atomic mass is 16.1. The van der Waals surface area contributed by atoms with Crippen molar-refractivity contribution in [2.24, 2.45) is 11.7 Å². The number of ketones is 1. The maximum absolute atomic E-state index is 11.9. The van der Waals surface area contributed by atoms with E-state index in [4.69, 9.17) is 5.73 Å². The molecule has 1 unspecified atom stereocenters. The van der Waals surface area contributed by atoms with Crippen molar-refractivity contribution in [2.45, 2.75) is 19.9 Å². The number of benzene rings is 2. The fourth-order valence-corrected chi connectivity index (χ4v) is 2.04. The maximum Gasteiger partial charge on any atom is 0.156 e. The Morgan fingerprint density at radius 2 is 1.42 bits per heavy atom. The lowest BCUT2D eigenvalue weighted by Crippen LogP contribution is -2.25. The Balaban J connectivity index is 2.22. The van der Waals surface area contributed by atoms with E-state index in [1.165, 1.54) is 0 Å². The van der Waals surface area contributed by atoms with Gasteiger partial charge in [0.15, 0.2) is 5.78 Å². The second-order valence-electron chi connectivity index (χ2n) is 5.02. The monoisotopic (exact) mass is 253 g/mol. The van der Waals surface area contributed by atoms with Gasteiger partial charge in [0.25, 0.3) is 0 Å². The second-order valence-corrected chi connectivity index (χ2v) is 5.02. The van der Waals surface area contributed by atoms with Crippen LogP contribution in [-0.2, 0) is 4.79 Å². The van der Waals surface area contributed by atoms with E-state index in [1.807, 2.05) is 56.3 Å². The largest absolute Gasteiger partial charge is 0.318 e. The zero-order valence-electron chi connectivity index (χ0n) is 11.3. The number of Topliss-reactive ketones (excluding diaryl/α,β-unsaturated/α-hetero) is 1. The van der Waals surface area contributed by atoms with Crippen molar-refractivity contribution >= 4 is 5.78 Å². The van der Waals surface area contributed by atoms with Gasteiger partial charge in [0.1, 0.15) is 0 Å². The summed E-state index contributed by atoms with van der Waals surface area (Å²) in [4.78, 5) is 11.9. The van der Waals surface area contributed by atoms with Crippen LogP contribution in [0.2, 0.25) is 0 Å². The van der Waals surface area contributed by atoms with E-state index in [2.05, 4.69) is 12.1 Å². The highest BCUT2D eigenvalue weighted by molar-refractivity contribution is 5.86. The molecule has 0 aliphatic rings. The Hall–Kier alpha value is -1.93. The summed E-state index contributed by atoms with van der Waals surface area (Å²) in [6.45, 7) is 3.75. The van der Waals surface area contributed by atoms with E-state index < -0.39 is 6.04 Å². The van der Waals surface area contributed by atoms with Crippen LogP contribution in [0.3, 0.4) is 0 Å². The molecular formula is C17H19NO. The number of hydrogen-bond acceptors (Lipinski definition) is 2. The predicted octanol–water partition coefficient (Wildman–Crippen LogP) is 3.58. The van der Waals surface area contributed by atoms with Crippen molar-refractivity contribution in [1.82, 2.24) is 0 Å². The Morgan fingerprint density at radius 3 is 1.95 bits per heavy atom. The van der Waals surface area contributed by atoms with Crippen LogP contribution in [0, 0.1) is 5.92 Å². The van der Waals surface area contributed by atoms with Crippen LogP contribution in [-0.4, -0.2) is 5.78 Å². The van der Waals surface area contributed by atoms with Crippen molar-refractivity contribution in [3.05, 3.63) is 60.2 Å². The summed E-state index contributed by atoms with van der Waals surface area (Å²) >= 11 is 0. The quantitative estimate of drug-likeness (QED) is 0.905. The molecule has 0 saturated heterocycles. The van der Waals surface area contributed by atoms with Crippen molar-refractivity contribution in [1.29, 1.82) is 0 Å². The van der Waals surface area contributed by atoms with Crippen molar-refractivity contribution in [2.75, 3.05) is 0 Å². The van der Waals surface area contributed by atoms with Gasteiger partial charge in [-0.3, -0.25) is 4.79 Å². The average Bonchev–Trinajstić information content (AvgIpc) is 2.46. The molecule has 0 fully saturated rings. The first-order valence-corrected chi connectivity index (χ1v) is 6.54. The summed E-state index contributed by atoms with van der Waals surface area (Å²) in [5.41, 5.74) is 9.15. The lowest BCUT2D eigenvalue weighted by Gasteiger charge is -2.14. The maximum atomic E-state index is 11.9. The van der Waals surface area contributed by atoms with E-state index in [0.717, 1.165) is 16.7 Å². The van der Waals surface area contributed by atoms with Gasteiger partial charge in [-0.05, 0) is 16.7 Å². The summed E-state index contributed by atoms with van der Waals surface area (Å²) < 4.78 is 0. The van der Waals surface area contributed by atoms with Gasteiger partial charge in [-0.2, -0.15) is 0 Å². The Morgan fingerprint density at radius 1 is 0.895 bits per heavy atom. The predicted molar refractivity (Wildman–Crippen MR) is 78.7 cm³/mol. The first kappa shape index (κ1) is 13.5. The summed E-state index contributed by atoms with van der Waals surface area (Å²) in [7, 11) is 0.